The van der Waals surface area contributed by atoms with Crippen LogP contribution in [0.5, 0.6) is 0 Å². The van der Waals surface area contributed by atoms with Crippen LogP contribution in [-0.4, -0.2) is 31.3 Å². The first-order valence-corrected chi connectivity index (χ1v) is 7.54. The molecule has 0 heterocycles. The zero-order chi connectivity index (χ0) is 14.6. The van der Waals surface area contributed by atoms with Gasteiger partial charge in [0.2, 0.25) is 0 Å². The number of urea groups is 1. The van der Waals surface area contributed by atoms with Gasteiger partial charge in [0.25, 0.3) is 10.1 Å². The first kappa shape index (κ1) is 14.3. The number of carbonyl (C=O) groups excluding carboxylic acids is 1. The smallest absolute Gasteiger partial charge is 0.319 e. The molecular formula is C13H14N2O4S. The quantitative estimate of drug-likeness (QED) is 0.750. The van der Waals surface area contributed by atoms with Crippen molar-refractivity contribution in [2.45, 2.75) is 0 Å². The van der Waals surface area contributed by atoms with Crippen LogP contribution in [0.25, 0.3) is 10.8 Å². The molecule has 0 atom stereocenters. The summed E-state index contributed by atoms with van der Waals surface area (Å²) in [6.07, 6.45) is 0. The van der Waals surface area contributed by atoms with Gasteiger partial charge in [0.1, 0.15) is 0 Å². The molecule has 20 heavy (non-hydrogen) atoms. The van der Waals surface area contributed by atoms with E-state index in [1.807, 2.05) is 36.4 Å². The van der Waals surface area contributed by atoms with E-state index in [0.717, 1.165) is 10.8 Å². The topological polar surface area (TPSA) is 95.5 Å². The van der Waals surface area contributed by atoms with Crippen molar-refractivity contribution in [1.82, 2.24) is 5.32 Å². The van der Waals surface area contributed by atoms with Crippen molar-refractivity contribution in [2.24, 2.45) is 0 Å². The van der Waals surface area contributed by atoms with Crippen molar-refractivity contribution in [1.29, 1.82) is 0 Å². The summed E-state index contributed by atoms with van der Waals surface area (Å²) < 4.78 is 29.6. The second kappa shape index (κ2) is 5.89. The van der Waals surface area contributed by atoms with E-state index < -0.39 is 21.9 Å². The number of carbonyl (C=O) groups is 1. The third-order valence-corrected chi connectivity index (χ3v) is 3.40. The van der Waals surface area contributed by atoms with Crippen LogP contribution in [0, 0.1) is 0 Å². The minimum Gasteiger partial charge on any atom is -0.337 e. The number of hydrogen-bond donors (Lipinski definition) is 3. The summed E-state index contributed by atoms with van der Waals surface area (Å²) in [5, 5.41) is 6.89. The lowest BCUT2D eigenvalue weighted by molar-refractivity contribution is 0.252. The Labute approximate surface area is 116 Å². The monoisotopic (exact) mass is 294 g/mol. The first-order chi connectivity index (χ1) is 9.46. The Morgan fingerprint density at radius 1 is 1.10 bits per heavy atom. The molecule has 0 radical (unpaired) electrons. The van der Waals surface area contributed by atoms with Crippen molar-refractivity contribution in [3.05, 3.63) is 42.5 Å². The highest BCUT2D eigenvalue weighted by molar-refractivity contribution is 7.85. The van der Waals surface area contributed by atoms with Gasteiger partial charge >= 0.3 is 6.03 Å². The summed E-state index contributed by atoms with van der Waals surface area (Å²) in [5.41, 5.74) is 0.632. The summed E-state index contributed by atoms with van der Waals surface area (Å²) in [7, 11) is -4.07. The molecule has 3 N–H and O–H groups in total. The fourth-order valence-corrected chi connectivity index (χ4v) is 2.15. The number of benzene rings is 2. The molecule has 2 amide bonds. The minimum atomic E-state index is -4.07. The number of hydrogen-bond acceptors (Lipinski definition) is 3. The molecule has 2 aromatic rings. The standard InChI is InChI=1S/C13H14N2O4S/c16-13(14-8-9-20(17,18)19)15-12-7-3-5-10-4-1-2-6-11(10)12/h1-7H,8-9H2,(H2,14,15,16)(H,17,18,19). The van der Waals surface area contributed by atoms with E-state index in [0.29, 0.717) is 5.69 Å². The molecule has 0 aliphatic rings. The summed E-state index contributed by atoms with van der Waals surface area (Å²) in [6, 6.07) is 12.5. The van der Waals surface area contributed by atoms with Gasteiger partial charge in [-0.1, -0.05) is 36.4 Å². The van der Waals surface area contributed by atoms with E-state index in [2.05, 4.69) is 10.6 Å². The first-order valence-electron chi connectivity index (χ1n) is 5.93. The van der Waals surface area contributed by atoms with Crippen molar-refractivity contribution in [3.63, 3.8) is 0 Å². The Balaban J connectivity index is 2.03. The van der Waals surface area contributed by atoms with E-state index >= 15 is 0 Å². The molecule has 0 unspecified atom stereocenters. The fourth-order valence-electron chi connectivity index (χ4n) is 1.79. The number of fused-ring (bicyclic) bond motifs is 1. The van der Waals surface area contributed by atoms with E-state index in [9.17, 15) is 13.2 Å². The SMILES string of the molecule is O=C(NCCS(=O)(=O)O)Nc1cccc2ccccc12. The Kier molecular flexibility index (Phi) is 4.21. The lowest BCUT2D eigenvalue weighted by Crippen LogP contribution is -2.32. The predicted octanol–water partition coefficient (Wildman–Crippen LogP) is 1.85. The second-order valence-corrected chi connectivity index (χ2v) is 5.77. The van der Waals surface area contributed by atoms with Gasteiger partial charge in [-0.3, -0.25) is 4.55 Å². The Morgan fingerprint density at radius 2 is 1.80 bits per heavy atom. The minimum absolute atomic E-state index is 0.157. The molecule has 0 spiro atoms. The Morgan fingerprint density at radius 3 is 2.55 bits per heavy atom. The normalized spacial score (nSPS) is 11.2. The zero-order valence-electron chi connectivity index (χ0n) is 10.5. The van der Waals surface area contributed by atoms with Gasteiger partial charge in [0.15, 0.2) is 0 Å². The molecule has 7 heteroatoms. The van der Waals surface area contributed by atoms with Crippen LogP contribution in [0.3, 0.4) is 0 Å². The number of amides is 2. The van der Waals surface area contributed by atoms with Crippen LogP contribution >= 0.6 is 0 Å². The molecule has 6 nitrogen and oxygen atoms in total. The van der Waals surface area contributed by atoms with Gasteiger partial charge in [-0.2, -0.15) is 8.42 Å². The zero-order valence-corrected chi connectivity index (χ0v) is 11.4. The predicted molar refractivity (Wildman–Crippen MR) is 77.4 cm³/mol. The van der Waals surface area contributed by atoms with Crippen LogP contribution in [-0.2, 0) is 10.1 Å². The van der Waals surface area contributed by atoms with Crippen molar-refractivity contribution in [2.75, 3.05) is 17.6 Å². The van der Waals surface area contributed by atoms with Crippen molar-refractivity contribution in [3.8, 4) is 0 Å². The maximum atomic E-state index is 11.6. The van der Waals surface area contributed by atoms with E-state index in [1.54, 1.807) is 6.07 Å². The molecular weight excluding hydrogens is 280 g/mol. The van der Waals surface area contributed by atoms with Gasteiger partial charge in [-0.25, -0.2) is 4.79 Å². The summed E-state index contributed by atoms with van der Waals surface area (Å²) in [4.78, 5) is 11.6. The van der Waals surface area contributed by atoms with Crippen molar-refractivity contribution < 1.29 is 17.8 Å². The molecule has 0 aromatic heterocycles. The van der Waals surface area contributed by atoms with Crippen molar-refractivity contribution >= 4 is 32.6 Å². The lowest BCUT2D eigenvalue weighted by Gasteiger charge is -2.09. The van der Waals surface area contributed by atoms with Crippen LogP contribution in [0.1, 0.15) is 0 Å². The highest BCUT2D eigenvalue weighted by Gasteiger charge is 2.07. The second-order valence-electron chi connectivity index (χ2n) is 4.19. The van der Waals surface area contributed by atoms with Crippen LogP contribution < -0.4 is 10.6 Å². The van der Waals surface area contributed by atoms with E-state index in [-0.39, 0.29) is 6.54 Å². The highest BCUT2D eigenvalue weighted by atomic mass is 32.2. The Hall–Kier alpha value is -2.12. The van der Waals surface area contributed by atoms with Crippen LogP contribution in [0.2, 0.25) is 0 Å². The summed E-state index contributed by atoms with van der Waals surface area (Å²) in [5.74, 6) is -0.518. The summed E-state index contributed by atoms with van der Waals surface area (Å²) >= 11 is 0. The van der Waals surface area contributed by atoms with E-state index in [1.165, 1.54) is 0 Å². The average molecular weight is 294 g/mol. The molecule has 0 saturated carbocycles. The molecule has 0 fully saturated rings. The maximum Gasteiger partial charge on any atom is 0.319 e. The van der Waals surface area contributed by atoms with Gasteiger partial charge in [-0.05, 0) is 11.5 Å². The number of anilines is 1. The molecule has 0 aliphatic heterocycles. The number of nitrogens with one attached hydrogen (secondary N) is 2. The van der Waals surface area contributed by atoms with Gasteiger partial charge in [-0.15, -0.1) is 0 Å². The molecule has 0 aliphatic carbocycles. The maximum absolute atomic E-state index is 11.6. The molecule has 2 rings (SSSR count). The molecule has 2 aromatic carbocycles. The largest absolute Gasteiger partial charge is 0.337 e. The summed E-state index contributed by atoms with van der Waals surface area (Å²) in [6.45, 7) is -0.157. The van der Waals surface area contributed by atoms with Gasteiger partial charge < -0.3 is 10.6 Å². The van der Waals surface area contributed by atoms with Crippen LogP contribution in [0.15, 0.2) is 42.5 Å². The molecule has 0 saturated heterocycles. The highest BCUT2D eigenvalue weighted by Crippen LogP contribution is 2.22. The average Bonchev–Trinajstić information content (AvgIpc) is 2.37. The van der Waals surface area contributed by atoms with E-state index in [4.69, 9.17) is 4.55 Å². The lowest BCUT2D eigenvalue weighted by atomic mass is 10.1. The fraction of sp³-hybridized carbons (Fsp3) is 0.154. The third kappa shape index (κ3) is 3.94. The number of rotatable bonds is 4. The molecule has 106 valence electrons. The Bertz CT molecular complexity index is 723. The van der Waals surface area contributed by atoms with Crippen LogP contribution in [0.4, 0.5) is 10.5 Å². The van der Waals surface area contributed by atoms with Gasteiger partial charge in [0, 0.05) is 11.9 Å². The third-order valence-electron chi connectivity index (χ3n) is 2.68. The van der Waals surface area contributed by atoms with Gasteiger partial charge in [0.05, 0.1) is 11.4 Å². The molecule has 0 bridgehead atoms.